The second-order valence-electron chi connectivity index (χ2n) is 8.00. The highest BCUT2D eigenvalue weighted by Crippen LogP contribution is 2.65. The van der Waals surface area contributed by atoms with Gasteiger partial charge in [-0.25, -0.2) is 13.1 Å². The fraction of sp³-hybridized carbons (Fsp3) is 0.647. The molecule has 2 fully saturated rings. The maximum Gasteiger partial charge on any atom is 0.258 e. The fourth-order valence-corrected chi connectivity index (χ4v) is 6.41. The monoisotopic (exact) mass is 349 g/mol. The van der Waals surface area contributed by atoms with Crippen molar-refractivity contribution in [3.05, 3.63) is 29.6 Å². The lowest BCUT2D eigenvalue weighted by molar-refractivity contribution is 0.00355. The number of aliphatic hydroxyl groups is 1. The summed E-state index contributed by atoms with van der Waals surface area (Å²) in [6.07, 6.45) is 2.81. The quantitative estimate of drug-likeness (QED) is 0.845. The van der Waals surface area contributed by atoms with Crippen LogP contribution in [0.3, 0.4) is 0 Å². The molecule has 2 bridgehead atoms. The van der Waals surface area contributed by atoms with E-state index in [9.17, 15) is 13.5 Å². The zero-order chi connectivity index (χ0) is 17.3. The zero-order valence-corrected chi connectivity index (χ0v) is 15.0. The summed E-state index contributed by atoms with van der Waals surface area (Å²) in [5.74, 6) is 0.127. The van der Waals surface area contributed by atoms with Gasteiger partial charge in [-0.3, -0.25) is 9.98 Å². The highest BCUT2D eigenvalue weighted by molar-refractivity contribution is 8.05. The average molecular weight is 349 g/mol. The van der Waals surface area contributed by atoms with Crippen molar-refractivity contribution in [3.63, 3.8) is 0 Å². The molecule has 2 heterocycles. The van der Waals surface area contributed by atoms with Crippen molar-refractivity contribution in [2.75, 3.05) is 0 Å². The van der Waals surface area contributed by atoms with E-state index in [4.69, 9.17) is 0 Å². The Bertz CT molecular complexity index is 833. The maximum absolute atomic E-state index is 12.9. The van der Waals surface area contributed by atoms with Crippen LogP contribution in [0.25, 0.3) is 0 Å². The van der Waals surface area contributed by atoms with E-state index in [0.29, 0.717) is 11.3 Å². The van der Waals surface area contributed by atoms with Crippen molar-refractivity contribution in [1.29, 1.82) is 0 Å². The first-order valence-electron chi connectivity index (χ1n) is 8.37. The molecule has 7 heteroatoms. The van der Waals surface area contributed by atoms with Gasteiger partial charge in [-0.05, 0) is 36.3 Å². The highest BCUT2D eigenvalue weighted by Gasteiger charge is 2.66. The van der Waals surface area contributed by atoms with E-state index >= 15 is 0 Å². The fourth-order valence-electron chi connectivity index (χ4n) is 4.94. The van der Waals surface area contributed by atoms with Gasteiger partial charge in [-0.1, -0.05) is 20.8 Å². The van der Waals surface area contributed by atoms with Crippen molar-refractivity contribution >= 4 is 15.1 Å². The number of sulfonamides is 1. The molecule has 4 atom stereocenters. The van der Waals surface area contributed by atoms with E-state index in [2.05, 4.69) is 35.5 Å². The topological polar surface area (TPSA) is 91.7 Å². The molecule has 1 aromatic heterocycles. The smallest absolute Gasteiger partial charge is 0.258 e. The first-order valence-corrected chi connectivity index (χ1v) is 9.86. The first-order chi connectivity index (χ1) is 11.2. The molecule has 0 saturated heterocycles. The molecule has 4 rings (SSSR count). The number of hydrogen-bond donors (Lipinski definition) is 2. The van der Waals surface area contributed by atoms with Crippen LogP contribution in [0.15, 0.2) is 23.3 Å². The van der Waals surface area contributed by atoms with Gasteiger partial charge >= 0.3 is 0 Å². The lowest BCUT2D eigenvalue weighted by Gasteiger charge is -2.37. The zero-order valence-electron chi connectivity index (χ0n) is 14.2. The SMILES string of the molecule is CC1(C)C2CCC1(C)[C@H](O)[C@@H]2NS(=O)(=O)C1=NCc2ncccc21. The van der Waals surface area contributed by atoms with Gasteiger partial charge in [-0.2, -0.15) is 0 Å². The first kappa shape index (κ1) is 16.2. The van der Waals surface area contributed by atoms with Crippen molar-refractivity contribution < 1.29 is 13.5 Å². The van der Waals surface area contributed by atoms with Crippen LogP contribution in [0.2, 0.25) is 0 Å². The third-order valence-electron chi connectivity index (χ3n) is 6.84. The Balaban J connectivity index is 1.65. The average Bonchev–Trinajstić information content (AvgIpc) is 3.08. The number of aliphatic hydroxyl groups excluding tert-OH is 1. The molecule has 24 heavy (non-hydrogen) atoms. The molecule has 130 valence electrons. The third-order valence-corrected chi connectivity index (χ3v) is 8.28. The minimum Gasteiger partial charge on any atom is -0.391 e. The molecule has 1 aliphatic heterocycles. The number of aromatic nitrogens is 1. The van der Waals surface area contributed by atoms with Crippen molar-refractivity contribution in [1.82, 2.24) is 9.71 Å². The lowest BCUT2D eigenvalue weighted by Crippen LogP contribution is -2.50. The van der Waals surface area contributed by atoms with Gasteiger partial charge in [0.1, 0.15) is 0 Å². The number of nitrogens with one attached hydrogen (secondary N) is 1. The molecular formula is C17H23N3O3S. The Kier molecular flexibility index (Phi) is 3.28. The van der Waals surface area contributed by atoms with Crippen LogP contribution >= 0.6 is 0 Å². The number of aliphatic imine (C=N–C) groups is 1. The minimum absolute atomic E-state index is 0.0449. The molecule has 3 aliphatic rings. The van der Waals surface area contributed by atoms with E-state index in [0.717, 1.165) is 12.8 Å². The number of pyridine rings is 1. The van der Waals surface area contributed by atoms with Gasteiger partial charge in [0, 0.05) is 17.2 Å². The molecule has 1 aromatic rings. The second-order valence-corrected chi connectivity index (χ2v) is 9.62. The molecule has 2 unspecified atom stereocenters. The number of rotatable bonds is 2. The summed E-state index contributed by atoms with van der Waals surface area (Å²) in [6, 6.07) is 2.98. The Morgan fingerprint density at radius 3 is 2.75 bits per heavy atom. The van der Waals surface area contributed by atoms with Gasteiger partial charge in [0.15, 0.2) is 5.04 Å². The maximum atomic E-state index is 12.9. The Morgan fingerprint density at radius 2 is 2.08 bits per heavy atom. The summed E-state index contributed by atoms with van der Waals surface area (Å²) in [4.78, 5) is 8.37. The number of hydrogen-bond acceptors (Lipinski definition) is 5. The van der Waals surface area contributed by atoms with E-state index < -0.39 is 22.2 Å². The van der Waals surface area contributed by atoms with E-state index in [1.54, 1.807) is 18.3 Å². The van der Waals surface area contributed by atoms with Crippen LogP contribution in [-0.2, 0) is 16.6 Å². The summed E-state index contributed by atoms with van der Waals surface area (Å²) < 4.78 is 28.6. The van der Waals surface area contributed by atoms with Crippen LogP contribution in [0.5, 0.6) is 0 Å². The normalized spacial score (nSPS) is 36.7. The Labute approximate surface area is 142 Å². The van der Waals surface area contributed by atoms with Crippen LogP contribution in [-0.4, -0.2) is 35.7 Å². The molecular weight excluding hydrogens is 326 g/mol. The lowest BCUT2D eigenvalue weighted by atomic mass is 9.70. The van der Waals surface area contributed by atoms with E-state index in [1.165, 1.54) is 0 Å². The van der Waals surface area contributed by atoms with Crippen LogP contribution in [0, 0.1) is 16.7 Å². The molecule has 0 radical (unpaired) electrons. The largest absolute Gasteiger partial charge is 0.391 e. The summed E-state index contributed by atoms with van der Waals surface area (Å²) in [7, 11) is -3.79. The minimum atomic E-state index is -3.79. The van der Waals surface area contributed by atoms with Crippen LogP contribution in [0.1, 0.15) is 44.9 Å². The van der Waals surface area contributed by atoms with Crippen LogP contribution in [0.4, 0.5) is 0 Å². The van der Waals surface area contributed by atoms with Crippen molar-refractivity contribution in [2.45, 2.75) is 52.3 Å². The molecule has 0 amide bonds. The Hall–Kier alpha value is -1.31. The van der Waals surface area contributed by atoms with Crippen LogP contribution < -0.4 is 4.72 Å². The number of fused-ring (bicyclic) bond motifs is 3. The van der Waals surface area contributed by atoms with Gasteiger partial charge < -0.3 is 5.11 Å². The second kappa shape index (κ2) is 4.86. The van der Waals surface area contributed by atoms with Gasteiger partial charge in [0.25, 0.3) is 10.0 Å². The van der Waals surface area contributed by atoms with Crippen molar-refractivity contribution in [3.8, 4) is 0 Å². The van der Waals surface area contributed by atoms with E-state index in [1.807, 2.05) is 0 Å². The van der Waals surface area contributed by atoms with Gasteiger partial charge in [0.2, 0.25) is 0 Å². The molecule has 0 spiro atoms. The van der Waals surface area contributed by atoms with Gasteiger partial charge in [0.05, 0.1) is 24.4 Å². The summed E-state index contributed by atoms with van der Waals surface area (Å²) in [6.45, 7) is 6.62. The summed E-state index contributed by atoms with van der Waals surface area (Å²) in [5, 5.41) is 10.8. The predicted molar refractivity (Wildman–Crippen MR) is 90.9 cm³/mol. The summed E-state index contributed by atoms with van der Waals surface area (Å²) in [5.41, 5.74) is 0.880. The third kappa shape index (κ3) is 1.92. The highest BCUT2D eigenvalue weighted by atomic mass is 32.2. The van der Waals surface area contributed by atoms with Crippen molar-refractivity contribution in [2.24, 2.45) is 21.7 Å². The van der Waals surface area contributed by atoms with Gasteiger partial charge in [-0.15, -0.1) is 0 Å². The number of nitrogens with zero attached hydrogens (tertiary/aromatic N) is 2. The van der Waals surface area contributed by atoms with E-state index in [-0.39, 0.29) is 28.3 Å². The molecule has 2 N–H and O–H groups in total. The Morgan fingerprint density at radius 1 is 1.33 bits per heavy atom. The molecule has 2 aliphatic carbocycles. The summed E-state index contributed by atoms with van der Waals surface area (Å²) >= 11 is 0. The molecule has 6 nitrogen and oxygen atoms in total. The standard InChI is InChI=1S/C17H23N3O3S/c1-16(2)11-6-7-17(16,3)14(21)13(11)20-24(22,23)15-10-5-4-8-18-12(10)9-19-15/h4-5,8,11,13-14,20-21H,6-7,9H2,1-3H3/t11?,13-,14-,17?/m1/s1. The molecule has 0 aromatic carbocycles. The molecule has 2 saturated carbocycles. The predicted octanol–water partition coefficient (Wildman–Crippen LogP) is 1.45.